The smallest absolute Gasteiger partial charge is 0.349 e. The summed E-state index contributed by atoms with van der Waals surface area (Å²) in [5.41, 5.74) is 1.24. The van der Waals surface area contributed by atoms with E-state index >= 15 is 0 Å². The molecule has 24 heavy (non-hydrogen) atoms. The molecule has 1 heterocycles. The van der Waals surface area contributed by atoms with Crippen molar-refractivity contribution in [1.82, 2.24) is 4.98 Å². The number of allylic oxidation sites excluding steroid dienone is 1. The third-order valence-corrected chi connectivity index (χ3v) is 3.05. The number of hydrogen-bond donors (Lipinski definition) is 0. The molecule has 0 unspecified atom stereocenters. The number of nitrogens with zero attached hydrogens (tertiary/aromatic N) is 1. The van der Waals surface area contributed by atoms with Crippen LogP contribution in [0.15, 0.2) is 55.4 Å². The van der Waals surface area contributed by atoms with Crippen LogP contribution in [0.25, 0.3) is 0 Å². The second-order valence-corrected chi connectivity index (χ2v) is 4.77. The summed E-state index contributed by atoms with van der Waals surface area (Å²) in [4.78, 5) is 27.4. The minimum Gasteiger partial charge on any atom is -0.493 e. The lowest BCUT2D eigenvalue weighted by Gasteiger charge is -2.10. The number of ether oxygens (including phenoxy) is 3. The van der Waals surface area contributed by atoms with Gasteiger partial charge in [-0.2, -0.15) is 0 Å². The first-order chi connectivity index (χ1) is 11.6. The Labute approximate surface area is 139 Å². The monoisotopic (exact) mass is 327 g/mol. The molecule has 6 nitrogen and oxygen atoms in total. The van der Waals surface area contributed by atoms with E-state index in [4.69, 9.17) is 14.2 Å². The molecule has 0 saturated heterocycles. The molecule has 0 atom stereocenters. The zero-order chi connectivity index (χ0) is 17.4. The molecule has 2 aromatic rings. The molecule has 0 bridgehead atoms. The van der Waals surface area contributed by atoms with Gasteiger partial charge in [0, 0.05) is 12.4 Å². The Morgan fingerprint density at radius 3 is 2.75 bits per heavy atom. The van der Waals surface area contributed by atoms with E-state index < -0.39 is 18.5 Å². The highest BCUT2D eigenvalue weighted by atomic mass is 16.6. The molecule has 0 aliphatic heterocycles. The van der Waals surface area contributed by atoms with Crippen LogP contribution in [0.5, 0.6) is 11.5 Å². The fourth-order valence-electron chi connectivity index (χ4n) is 1.93. The summed E-state index contributed by atoms with van der Waals surface area (Å²) in [6.45, 7) is 3.16. The lowest BCUT2D eigenvalue weighted by atomic mass is 10.1. The summed E-state index contributed by atoms with van der Waals surface area (Å²) < 4.78 is 15.3. The molecule has 2 rings (SSSR count). The van der Waals surface area contributed by atoms with Gasteiger partial charge in [-0.25, -0.2) is 9.59 Å². The summed E-state index contributed by atoms with van der Waals surface area (Å²) in [5.74, 6) is -0.676. The predicted molar refractivity (Wildman–Crippen MR) is 87.0 cm³/mol. The number of benzene rings is 1. The van der Waals surface area contributed by atoms with E-state index in [1.807, 2.05) is 0 Å². The normalized spacial score (nSPS) is 9.88. The summed E-state index contributed by atoms with van der Waals surface area (Å²) >= 11 is 0. The molecule has 0 aliphatic rings. The van der Waals surface area contributed by atoms with Gasteiger partial charge < -0.3 is 14.2 Å². The SMILES string of the molecule is C=CCc1ccc(OC(=O)COC(=O)c2cccnc2)c(OC)c1. The molecule has 0 aliphatic carbocycles. The molecule has 1 aromatic carbocycles. The van der Waals surface area contributed by atoms with Crippen LogP contribution in [0, 0.1) is 0 Å². The number of rotatable bonds is 7. The fraction of sp³-hybridized carbons (Fsp3) is 0.167. The highest BCUT2D eigenvalue weighted by molar-refractivity contribution is 5.90. The van der Waals surface area contributed by atoms with Gasteiger partial charge in [-0.1, -0.05) is 12.1 Å². The van der Waals surface area contributed by atoms with Crippen LogP contribution in [0.4, 0.5) is 0 Å². The zero-order valence-corrected chi connectivity index (χ0v) is 13.2. The predicted octanol–water partition coefficient (Wildman–Crippen LogP) is 2.58. The molecule has 0 fully saturated rings. The van der Waals surface area contributed by atoms with Crippen LogP contribution in [0.1, 0.15) is 15.9 Å². The van der Waals surface area contributed by atoms with Crippen molar-refractivity contribution in [2.45, 2.75) is 6.42 Å². The molecule has 0 N–H and O–H groups in total. The second-order valence-electron chi connectivity index (χ2n) is 4.77. The number of carbonyl (C=O) groups excluding carboxylic acids is 2. The van der Waals surface area contributed by atoms with Gasteiger partial charge in [0.2, 0.25) is 0 Å². The molecule has 124 valence electrons. The maximum Gasteiger partial charge on any atom is 0.349 e. The van der Waals surface area contributed by atoms with Crippen molar-refractivity contribution in [1.29, 1.82) is 0 Å². The third kappa shape index (κ3) is 4.67. The lowest BCUT2D eigenvalue weighted by Crippen LogP contribution is -2.19. The number of aromatic nitrogens is 1. The Morgan fingerprint density at radius 1 is 1.25 bits per heavy atom. The molecular weight excluding hydrogens is 310 g/mol. The quantitative estimate of drug-likeness (QED) is 0.442. The van der Waals surface area contributed by atoms with Crippen molar-refractivity contribution in [3.63, 3.8) is 0 Å². The highest BCUT2D eigenvalue weighted by Crippen LogP contribution is 2.28. The fourth-order valence-corrected chi connectivity index (χ4v) is 1.93. The lowest BCUT2D eigenvalue weighted by molar-refractivity contribution is -0.137. The van der Waals surface area contributed by atoms with Gasteiger partial charge in [0.1, 0.15) is 0 Å². The van der Waals surface area contributed by atoms with Crippen LogP contribution in [-0.4, -0.2) is 30.6 Å². The maximum atomic E-state index is 11.8. The van der Waals surface area contributed by atoms with Gasteiger partial charge in [0.15, 0.2) is 18.1 Å². The first kappa shape index (κ1) is 17.2. The topological polar surface area (TPSA) is 74.7 Å². The van der Waals surface area contributed by atoms with Crippen LogP contribution >= 0.6 is 0 Å². The number of hydrogen-bond acceptors (Lipinski definition) is 6. The Kier molecular flexibility index (Phi) is 6.08. The zero-order valence-electron chi connectivity index (χ0n) is 13.2. The highest BCUT2D eigenvalue weighted by Gasteiger charge is 2.14. The number of carbonyl (C=O) groups is 2. The maximum absolute atomic E-state index is 11.8. The summed E-state index contributed by atoms with van der Waals surface area (Å²) in [6, 6.07) is 8.32. The van der Waals surface area contributed by atoms with E-state index in [1.165, 1.54) is 19.5 Å². The van der Waals surface area contributed by atoms with Crippen LogP contribution in [0.3, 0.4) is 0 Å². The van der Waals surface area contributed by atoms with Gasteiger partial charge in [0.05, 0.1) is 12.7 Å². The van der Waals surface area contributed by atoms with E-state index in [-0.39, 0.29) is 11.3 Å². The Bertz CT molecular complexity index is 727. The first-order valence-corrected chi connectivity index (χ1v) is 7.19. The molecular formula is C18H17NO5. The van der Waals surface area contributed by atoms with Gasteiger partial charge >= 0.3 is 11.9 Å². The molecule has 0 radical (unpaired) electrons. The van der Waals surface area contributed by atoms with Gasteiger partial charge in [0.25, 0.3) is 0 Å². The minimum absolute atomic E-state index is 0.257. The number of pyridine rings is 1. The molecule has 0 spiro atoms. The van der Waals surface area contributed by atoms with Crippen molar-refractivity contribution in [3.8, 4) is 11.5 Å². The van der Waals surface area contributed by atoms with Gasteiger partial charge in [-0.05, 0) is 36.2 Å². The van der Waals surface area contributed by atoms with E-state index in [0.29, 0.717) is 12.2 Å². The van der Waals surface area contributed by atoms with Crippen molar-refractivity contribution < 1.29 is 23.8 Å². The molecule has 1 aromatic heterocycles. The molecule has 0 amide bonds. The van der Waals surface area contributed by atoms with Crippen LogP contribution in [0.2, 0.25) is 0 Å². The summed E-state index contributed by atoms with van der Waals surface area (Å²) in [7, 11) is 1.48. The standard InChI is InChI=1S/C18H17NO5/c1-3-5-13-7-8-15(16(10-13)22-2)24-17(20)12-23-18(21)14-6-4-9-19-11-14/h3-4,6-11H,1,5,12H2,2H3. The van der Waals surface area contributed by atoms with E-state index in [2.05, 4.69) is 11.6 Å². The average molecular weight is 327 g/mol. The van der Waals surface area contributed by atoms with Crippen LogP contribution in [-0.2, 0) is 16.0 Å². The van der Waals surface area contributed by atoms with Crippen molar-refractivity contribution in [2.24, 2.45) is 0 Å². The Morgan fingerprint density at radius 2 is 2.08 bits per heavy atom. The summed E-state index contributed by atoms with van der Waals surface area (Å²) in [6.07, 6.45) is 5.33. The largest absolute Gasteiger partial charge is 0.493 e. The summed E-state index contributed by atoms with van der Waals surface area (Å²) in [5, 5.41) is 0. The third-order valence-electron chi connectivity index (χ3n) is 3.05. The minimum atomic E-state index is -0.706. The van der Waals surface area contributed by atoms with E-state index in [0.717, 1.165) is 5.56 Å². The Hall–Kier alpha value is -3.15. The molecule has 6 heteroatoms. The van der Waals surface area contributed by atoms with Crippen molar-refractivity contribution in [2.75, 3.05) is 13.7 Å². The van der Waals surface area contributed by atoms with Crippen molar-refractivity contribution >= 4 is 11.9 Å². The van der Waals surface area contributed by atoms with E-state index in [9.17, 15) is 9.59 Å². The number of esters is 2. The Balaban J connectivity index is 1.94. The second kappa shape index (κ2) is 8.47. The average Bonchev–Trinajstić information content (AvgIpc) is 2.62. The molecule has 0 saturated carbocycles. The van der Waals surface area contributed by atoms with Crippen molar-refractivity contribution in [3.05, 3.63) is 66.5 Å². The number of methoxy groups -OCH3 is 1. The van der Waals surface area contributed by atoms with E-state index in [1.54, 1.807) is 36.4 Å². The van der Waals surface area contributed by atoms with Gasteiger partial charge in [-0.3, -0.25) is 4.98 Å². The van der Waals surface area contributed by atoms with Crippen LogP contribution < -0.4 is 9.47 Å². The first-order valence-electron chi connectivity index (χ1n) is 7.19. The van der Waals surface area contributed by atoms with Gasteiger partial charge in [-0.15, -0.1) is 6.58 Å².